The van der Waals surface area contributed by atoms with E-state index in [1.165, 1.54) is 4.90 Å². The summed E-state index contributed by atoms with van der Waals surface area (Å²) in [5, 5.41) is 0. The van der Waals surface area contributed by atoms with Crippen LogP contribution in [0.1, 0.15) is 12.5 Å². The van der Waals surface area contributed by atoms with Crippen LogP contribution in [0.4, 0.5) is 4.79 Å². The normalized spacial score (nSPS) is 11.1. The topological polar surface area (TPSA) is 72.9 Å². The zero-order valence-electron chi connectivity index (χ0n) is 11.6. The lowest BCUT2D eigenvalue weighted by Crippen LogP contribution is -2.34. The Morgan fingerprint density at radius 1 is 1.25 bits per heavy atom. The highest BCUT2D eigenvalue weighted by Crippen LogP contribution is 2.03. The summed E-state index contributed by atoms with van der Waals surface area (Å²) in [4.78, 5) is 13.2. The van der Waals surface area contributed by atoms with Crippen molar-refractivity contribution in [1.82, 2.24) is 4.90 Å². The van der Waals surface area contributed by atoms with Crippen molar-refractivity contribution in [2.45, 2.75) is 13.5 Å². The Hall–Kier alpha value is -1.60. The van der Waals surface area contributed by atoms with Crippen LogP contribution in [0.3, 0.4) is 0 Å². The molecule has 6 nitrogen and oxygen atoms in total. The van der Waals surface area contributed by atoms with Crippen molar-refractivity contribution in [3.63, 3.8) is 0 Å². The molecule has 0 saturated carbocycles. The fraction of sp³-hybridized carbons (Fsp3) is 0.462. The highest BCUT2D eigenvalue weighted by Gasteiger charge is 2.14. The second-order valence-corrected chi connectivity index (χ2v) is 5.79. The van der Waals surface area contributed by atoms with E-state index in [0.29, 0.717) is 6.54 Å². The SMILES string of the molecule is CCN(CCOS(C)(=O)=O)C(=O)OCc1ccccc1. The third-order valence-corrected chi connectivity index (χ3v) is 3.10. The van der Waals surface area contributed by atoms with E-state index >= 15 is 0 Å². The van der Waals surface area contributed by atoms with Crippen LogP contribution in [0.25, 0.3) is 0 Å². The van der Waals surface area contributed by atoms with Crippen molar-refractivity contribution in [3.05, 3.63) is 35.9 Å². The van der Waals surface area contributed by atoms with Crippen LogP contribution >= 0.6 is 0 Å². The zero-order chi connectivity index (χ0) is 15.0. The molecule has 0 aliphatic carbocycles. The number of amides is 1. The van der Waals surface area contributed by atoms with Crippen LogP contribution in [-0.4, -0.2) is 45.4 Å². The van der Waals surface area contributed by atoms with Crippen molar-refractivity contribution in [1.29, 1.82) is 0 Å². The van der Waals surface area contributed by atoms with Gasteiger partial charge in [0, 0.05) is 13.1 Å². The third-order valence-electron chi connectivity index (χ3n) is 2.50. The van der Waals surface area contributed by atoms with Gasteiger partial charge in [-0.25, -0.2) is 4.79 Å². The molecule has 112 valence electrons. The lowest BCUT2D eigenvalue weighted by molar-refractivity contribution is 0.0927. The first kappa shape index (κ1) is 16.5. The Labute approximate surface area is 119 Å². The summed E-state index contributed by atoms with van der Waals surface area (Å²) >= 11 is 0. The number of hydrogen-bond acceptors (Lipinski definition) is 5. The number of nitrogens with zero attached hydrogens (tertiary/aromatic N) is 1. The highest BCUT2D eigenvalue weighted by molar-refractivity contribution is 7.85. The maximum absolute atomic E-state index is 11.8. The van der Waals surface area contributed by atoms with Crippen LogP contribution in [0, 0.1) is 0 Å². The summed E-state index contributed by atoms with van der Waals surface area (Å²) in [5.41, 5.74) is 0.893. The molecule has 0 unspecified atom stereocenters. The molecule has 0 atom stereocenters. The van der Waals surface area contributed by atoms with Crippen molar-refractivity contribution in [3.8, 4) is 0 Å². The summed E-state index contributed by atoms with van der Waals surface area (Å²) in [5.74, 6) is 0. The number of likely N-dealkylation sites (N-methyl/N-ethyl adjacent to an activating group) is 1. The number of benzene rings is 1. The van der Waals surface area contributed by atoms with E-state index in [9.17, 15) is 13.2 Å². The molecule has 0 aromatic heterocycles. The number of hydrogen-bond donors (Lipinski definition) is 0. The van der Waals surface area contributed by atoms with E-state index in [2.05, 4.69) is 4.18 Å². The van der Waals surface area contributed by atoms with E-state index in [1.54, 1.807) is 6.92 Å². The number of carbonyl (C=O) groups is 1. The van der Waals surface area contributed by atoms with Gasteiger partial charge in [-0.15, -0.1) is 0 Å². The van der Waals surface area contributed by atoms with Gasteiger partial charge in [-0.2, -0.15) is 8.42 Å². The van der Waals surface area contributed by atoms with Crippen LogP contribution in [0.5, 0.6) is 0 Å². The molecule has 1 aromatic rings. The molecule has 0 saturated heterocycles. The zero-order valence-corrected chi connectivity index (χ0v) is 12.4. The van der Waals surface area contributed by atoms with Gasteiger partial charge in [0.1, 0.15) is 6.61 Å². The largest absolute Gasteiger partial charge is 0.445 e. The van der Waals surface area contributed by atoms with Gasteiger partial charge in [0.05, 0.1) is 12.9 Å². The van der Waals surface area contributed by atoms with E-state index < -0.39 is 16.2 Å². The number of rotatable bonds is 7. The quantitative estimate of drug-likeness (QED) is 0.716. The Morgan fingerprint density at radius 2 is 1.90 bits per heavy atom. The molecule has 1 rings (SSSR count). The highest BCUT2D eigenvalue weighted by atomic mass is 32.2. The van der Waals surface area contributed by atoms with Crippen LogP contribution < -0.4 is 0 Å². The monoisotopic (exact) mass is 301 g/mol. The molecule has 0 heterocycles. The van der Waals surface area contributed by atoms with Gasteiger partial charge in [-0.3, -0.25) is 4.18 Å². The van der Waals surface area contributed by atoms with Gasteiger partial charge in [-0.1, -0.05) is 30.3 Å². The average molecular weight is 301 g/mol. The standard InChI is InChI=1S/C13H19NO5S/c1-3-14(9-10-19-20(2,16)17)13(15)18-11-12-7-5-4-6-8-12/h4-8H,3,9-11H2,1-2H3. The van der Waals surface area contributed by atoms with Gasteiger partial charge >= 0.3 is 6.09 Å². The second-order valence-electron chi connectivity index (χ2n) is 4.15. The van der Waals surface area contributed by atoms with Crippen molar-refractivity contribution in [2.75, 3.05) is 26.0 Å². The summed E-state index contributed by atoms with van der Waals surface area (Å²) in [6.07, 6.45) is 0.477. The van der Waals surface area contributed by atoms with Gasteiger partial charge in [0.15, 0.2) is 0 Å². The summed E-state index contributed by atoms with van der Waals surface area (Å²) in [7, 11) is -3.49. The Balaban J connectivity index is 2.39. The molecule has 0 spiro atoms. The fourth-order valence-corrected chi connectivity index (χ4v) is 1.87. The molecule has 20 heavy (non-hydrogen) atoms. The summed E-state index contributed by atoms with van der Waals surface area (Å²) in [6, 6.07) is 9.32. The molecule has 0 fully saturated rings. The van der Waals surface area contributed by atoms with Crippen LogP contribution in [-0.2, 0) is 25.6 Å². The van der Waals surface area contributed by atoms with Gasteiger partial charge in [0.25, 0.3) is 10.1 Å². The Kier molecular flexibility index (Phi) is 6.47. The maximum atomic E-state index is 11.8. The predicted molar refractivity (Wildman–Crippen MR) is 74.7 cm³/mol. The molecule has 0 aliphatic rings. The maximum Gasteiger partial charge on any atom is 0.410 e. The van der Waals surface area contributed by atoms with E-state index in [1.807, 2.05) is 30.3 Å². The number of ether oxygens (including phenoxy) is 1. The van der Waals surface area contributed by atoms with E-state index in [-0.39, 0.29) is 19.8 Å². The Bertz CT molecular complexity index is 515. The molecule has 0 radical (unpaired) electrons. The lowest BCUT2D eigenvalue weighted by Gasteiger charge is -2.19. The molecule has 1 aromatic carbocycles. The molecule has 7 heteroatoms. The van der Waals surface area contributed by atoms with Gasteiger partial charge in [-0.05, 0) is 12.5 Å². The van der Waals surface area contributed by atoms with Crippen LogP contribution in [0.2, 0.25) is 0 Å². The smallest absolute Gasteiger partial charge is 0.410 e. The van der Waals surface area contributed by atoms with Crippen molar-refractivity contribution < 1.29 is 22.1 Å². The first-order valence-corrected chi connectivity index (χ1v) is 8.04. The summed E-state index contributed by atoms with van der Waals surface area (Å²) < 4.78 is 31.4. The number of carbonyl (C=O) groups excluding carboxylic acids is 1. The second kappa shape index (κ2) is 7.86. The van der Waals surface area contributed by atoms with Gasteiger partial charge < -0.3 is 9.64 Å². The minimum atomic E-state index is -3.49. The average Bonchev–Trinajstić information content (AvgIpc) is 2.41. The molecule has 0 aliphatic heterocycles. The van der Waals surface area contributed by atoms with E-state index in [0.717, 1.165) is 11.8 Å². The third kappa shape index (κ3) is 6.53. The minimum Gasteiger partial charge on any atom is -0.445 e. The molecule has 0 N–H and O–H groups in total. The van der Waals surface area contributed by atoms with Crippen LogP contribution in [0.15, 0.2) is 30.3 Å². The molecular formula is C13H19NO5S. The van der Waals surface area contributed by atoms with Crippen molar-refractivity contribution in [2.24, 2.45) is 0 Å². The fourth-order valence-electron chi connectivity index (χ4n) is 1.49. The first-order valence-electron chi connectivity index (χ1n) is 6.22. The predicted octanol–water partition coefficient (Wildman–Crippen LogP) is 1.62. The van der Waals surface area contributed by atoms with Crippen molar-refractivity contribution >= 4 is 16.2 Å². The molecular weight excluding hydrogens is 282 g/mol. The lowest BCUT2D eigenvalue weighted by atomic mass is 10.2. The minimum absolute atomic E-state index is 0.0763. The molecule has 0 bridgehead atoms. The summed E-state index contributed by atoms with van der Waals surface area (Å²) in [6.45, 7) is 2.47. The Morgan fingerprint density at radius 3 is 2.45 bits per heavy atom. The van der Waals surface area contributed by atoms with Gasteiger partial charge in [0.2, 0.25) is 0 Å². The molecule has 1 amide bonds. The van der Waals surface area contributed by atoms with E-state index in [4.69, 9.17) is 4.74 Å². The first-order chi connectivity index (χ1) is 9.42.